The lowest BCUT2D eigenvalue weighted by Gasteiger charge is -2.14. The number of halogens is 1. The molecule has 0 bridgehead atoms. The second kappa shape index (κ2) is 6.30. The summed E-state index contributed by atoms with van der Waals surface area (Å²) in [5, 5.41) is 8.53. The molecule has 6 nitrogen and oxygen atoms in total. The first-order valence-electron chi connectivity index (χ1n) is 6.42. The summed E-state index contributed by atoms with van der Waals surface area (Å²) in [6, 6.07) is 4.68. The normalized spacial score (nSPS) is 16.0. The van der Waals surface area contributed by atoms with Crippen molar-refractivity contribution < 1.29 is 23.1 Å². The van der Waals surface area contributed by atoms with Crippen molar-refractivity contribution >= 4 is 44.5 Å². The largest absolute Gasteiger partial charge is 0.481 e. The van der Waals surface area contributed by atoms with Gasteiger partial charge in [0, 0.05) is 16.5 Å². The van der Waals surface area contributed by atoms with Crippen LogP contribution in [0.1, 0.15) is 36.0 Å². The van der Waals surface area contributed by atoms with Crippen molar-refractivity contribution in [3.05, 3.63) is 27.3 Å². The molecule has 0 atom stereocenters. The summed E-state index contributed by atoms with van der Waals surface area (Å²) in [5.41, 5.74) is 0.215. The maximum Gasteiger partial charge on any atom is 0.303 e. The van der Waals surface area contributed by atoms with Crippen molar-refractivity contribution in [1.82, 2.24) is 4.31 Å². The molecule has 0 radical (unpaired) electrons. The number of carbonyl (C=O) groups is 2. The fraction of sp³-hybridized carbons (Fsp3) is 0.385. The fourth-order valence-electron chi connectivity index (χ4n) is 2.19. The van der Waals surface area contributed by atoms with Crippen LogP contribution >= 0.6 is 22.6 Å². The van der Waals surface area contributed by atoms with Gasteiger partial charge in [-0.1, -0.05) is 6.42 Å². The number of carboxylic acid groups (broad SMARTS) is 1. The number of nitrogens with zero attached hydrogens (tertiary/aromatic N) is 1. The maximum atomic E-state index is 12.3. The lowest BCUT2D eigenvalue weighted by molar-refractivity contribution is -0.137. The summed E-state index contributed by atoms with van der Waals surface area (Å²) >= 11 is 2.03. The zero-order valence-corrected chi connectivity index (χ0v) is 14.1. The Balaban J connectivity index is 2.06. The number of hydrogen-bond donors (Lipinski definition) is 1. The molecule has 1 aliphatic heterocycles. The van der Waals surface area contributed by atoms with Crippen LogP contribution in [-0.4, -0.2) is 36.3 Å². The van der Waals surface area contributed by atoms with Gasteiger partial charge in [0.15, 0.2) is 0 Å². The van der Waals surface area contributed by atoms with E-state index >= 15 is 0 Å². The van der Waals surface area contributed by atoms with E-state index in [1.165, 1.54) is 6.07 Å². The Bertz CT molecular complexity index is 686. The first kappa shape index (κ1) is 16.2. The average molecular weight is 423 g/mol. The molecule has 1 aromatic rings. The predicted molar refractivity (Wildman–Crippen MR) is 83.5 cm³/mol. The van der Waals surface area contributed by atoms with Crippen molar-refractivity contribution in [3.63, 3.8) is 0 Å². The van der Waals surface area contributed by atoms with Gasteiger partial charge in [0.05, 0.1) is 5.56 Å². The van der Waals surface area contributed by atoms with E-state index in [1.807, 2.05) is 22.6 Å². The van der Waals surface area contributed by atoms with Gasteiger partial charge in [0.25, 0.3) is 15.9 Å². The SMILES string of the molecule is O=C(O)CCCCCN1C(=O)c2cc(I)ccc2S1(=O)=O. The van der Waals surface area contributed by atoms with Gasteiger partial charge in [0.1, 0.15) is 4.90 Å². The lowest BCUT2D eigenvalue weighted by atomic mass is 10.2. The number of hydrogen-bond acceptors (Lipinski definition) is 4. The minimum atomic E-state index is -3.75. The Morgan fingerprint density at radius 1 is 1.24 bits per heavy atom. The molecule has 21 heavy (non-hydrogen) atoms. The van der Waals surface area contributed by atoms with Crippen molar-refractivity contribution in [1.29, 1.82) is 0 Å². The van der Waals surface area contributed by atoms with Gasteiger partial charge in [-0.25, -0.2) is 12.7 Å². The van der Waals surface area contributed by atoms with E-state index < -0.39 is 21.9 Å². The third kappa shape index (κ3) is 3.37. The number of carbonyl (C=O) groups excluding carboxylic acids is 1. The van der Waals surface area contributed by atoms with Crippen LogP contribution in [0.15, 0.2) is 23.1 Å². The maximum absolute atomic E-state index is 12.3. The zero-order chi connectivity index (χ0) is 15.6. The minimum Gasteiger partial charge on any atom is -0.481 e. The van der Waals surface area contributed by atoms with Gasteiger partial charge in [0.2, 0.25) is 0 Å². The summed E-state index contributed by atoms with van der Waals surface area (Å²) in [4.78, 5) is 22.6. The second-order valence-corrected chi connectivity index (χ2v) is 7.80. The van der Waals surface area contributed by atoms with Gasteiger partial charge < -0.3 is 5.11 Å². The summed E-state index contributed by atoms with van der Waals surface area (Å²) in [6.07, 6.45) is 1.56. The van der Waals surface area contributed by atoms with Gasteiger partial charge in [-0.05, 0) is 53.6 Å². The molecule has 1 heterocycles. The van der Waals surface area contributed by atoms with Crippen molar-refractivity contribution in [2.75, 3.05) is 6.54 Å². The van der Waals surface area contributed by atoms with Gasteiger partial charge in [-0.15, -0.1) is 0 Å². The van der Waals surface area contributed by atoms with E-state index in [2.05, 4.69) is 0 Å². The number of rotatable bonds is 6. The molecule has 1 amide bonds. The highest BCUT2D eigenvalue weighted by molar-refractivity contribution is 14.1. The summed E-state index contributed by atoms with van der Waals surface area (Å²) in [6.45, 7) is 0.0893. The third-order valence-electron chi connectivity index (χ3n) is 3.22. The number of aliphatic carboxylic acids is 1. The number of carboxylic acids is 1. The second-order valence-electron chi connectivity index (χ2n) is 4.73. The topological polar surface area (TPSA) is 91.8 Å². The highest BCUT2D eigenvalue weighted by Crippen LogP contribution is 2.31. The monoisotopic (exact) mass is 423 g/mol. The Labute approximate surface area is 136 Å². The quantitative estimate of drug-likeness (QED) is 0.559. The standard InChI is InChI=1S/C13H14INO5S/c14-9-5-6-11-10(8-9)13(18)15(21(11,19)20)7-3-1-2-4-12(16)17/h5-6,8H,1-4,7H2,(H,16,17). The van der Waals surface area contributed by atoms with Crippen LogP contribution in [-0.2, 0) is 14.8 Å². The molecule has 1 N–H and O–H groups in total. The Morgan fingerprint density at radius 2 is 1.95 bits per heavy atom. The van der Waals surface area contributed by atoms with E-state index in [-0.39, 0.29) is 23.4 Å². The molecular weight excluding hydrogens is 409 g/mol. The molecule has 8 heteroatoms. The predicted octanol–water partition coefficient (Wildman–Crippen LogP) is 2.08. The van der Waals surface area contributed by atoms with E-state index in [1.54, 1.807) is 12.1 Å². The van der Waals surface area contributed by atoms with Crippen LogP contribution in [0.25, 0.3) is 0 Å². The number of benzene rings is 1. The number of unbranched alkanes of at least 4 members (excludes halogenated alkanes) is 2. The Kier molecular flexibility index (Phi) is 4.87. The molecule has 0 spiro atoms. The van der Waals surface area contributed by atoms with Crippen LogP contribution < -0.4 is 0 Å². The van der Waals surface area contributed by atoms with Crippen molar-refractivity contribution in [2.24, 2.45) is 0 Å². The number of fused-ring (bicyclic) bond motifs is 1. The van der Waals surface area contributed by atoms with Crippen LogP contribution in [0.4, 0.5) is 0 Å². The van der Waals surface area contributed by atoms with Gasteiger partial charge >= 0.3 is 5.97 Å². The van der Waals surface area contributed by atoms with Crippen LogP contribution in [0.5, 0.6) is 0 Å². The van der Waals surface area contributed by atoms with Crippen LogP contribution in [0.2, 0.25) is 0 Å². The van der Waals surface area contributed by atoms with Crippen molar-refractivity contribution in [3.8, 4) is 0 Å². The molecule has 0 aromatic heterocycles. The highest BCUT2D eigenvalue weighted by Gasteiger charge is 2.40. The molecule has 1 aromatic carbocycles. The zero-order valence-electron chi connectivity index (χ0n) is 11.1. The Morgan fingerprint density at radius 3 is 2.62 bits per heavy atom. The van der Waals surface area contributed by atoms with E-state index in [4.69, 9.17) is 5.11 Å². The lowest BCUT2D eigenvalue weighted by Crippen LogP contribution is -2.31. The molecule has 0 aliphatic carbocycles. The molecule has 2 rings (SSSR count). The molecule has 0 saturated heterocycles. The van der Waals surface area contributed by atoms with Crippen molar-refractivity contribution in [2.45, 2.75) is 30.6 Å². The molecule has 0 unspecified atom stereocenters. The fourth-order valence-corrected chi connectivity index (χ4v) is 4.27. The third-order valence-corrected chi connectivity index (χ3v) is 5.73. The minimum absolute atomic E-state index is 0.0541. The van der Waals surface area contributed by atoms with Crippen LogP contribution in [0.3, 0.4) is 0 Å². The Hall–Kier alpha value is -1.16. The van der Waals surface area contributed by atoms with Gasteiger partial charge in [-0.2, -0.15) is 0 Å². The van der Waals surface area contributed by atoms with Crippen LogP contribution in [0, 0.1) is 3.57 Å². The first-order valence-corrected chi connectivity index (χ1v) is 8.94. The average Bonchev–Trinajstić information content (AvgIpc) is 2.58. The highest BCUT2D eigenvalue weighted by atomic mass is 127. The number of sulfonamides is 1. The summed E-state index contributed by atoms with van der Waals surface area (Å²) in [7, 11) is -3.75. The summed E-state index contributed by atoms with van der Waals surface area (Å²) in [5.74, 6) is -1.37. The summed E-state index contributed by atoms with van der Waals surface area (Å²) < 4.78 is 26.3. The molecule has 0 fully saturated rings. The molecule has 114 valence electrons. The number of amides is 1. The van der Waals surface area contributed by atoms with E-state index in [0.717, 1.165) is 7.88 Å². The van der Waals surface area contributed by atoms with E-state index in [9.17, 15) is 18.0 Å². The molecule has 1 aliphatic rings. The smallest absolute Gasteiger partial charge is 0.303 e. The van der Waals surface area contributed by atoms with E-state index in [0.29, 0.717) is 19.3 Å². The molecular formula is C13H14INO5S. The van der Waals surface area contributed by atoms with Gasteiger partial charge in [-0.3, -0.25) is 9.59 Å². The first-order chi connectivity index (χ1) is 9.84. The molecule has 0 saturated carbocycles.